The van der Waals surface area contributed by atoms with Gasteiger partial charge in [-0.3, -0.25) is 14.9 Å². The first kappa shape index (κ1) is 28.7. The number of benzene rings is 2. The van der Waals surface area contributed by atoms with Crippen molar-refractivity contribution in [1.82, 2.24) is 25.5 Å². The molecule has 3 fully saturated rings. The first-order valence-corrected chi connectivity index (χ1v) is 16.1. The van der Waals surface area contributed by atoms with E-state index >= 15 is 0 Å². The smallest absolute Gasteiger partial charge is 0.267 e. The van der Waals surface area contributed by atoms with Crippen molar-refractivity contribution in [2.75, 3.05) is 42.9 Å². The molecule has 4 aliphatic rings. The molecule has 0 radical (unpaired) electrons. The number of fused-ring (bicyclic) bond motifs is 1. The van der Waals surface area contributed by atoms with E-state index in [2.05, 4.69) is 67.1 Å². The molecule has 44 heavy (non-hydrogen) atoms. The van der Waals surface area contributed by atoms with Crippen molar-refractivity contribution in [2.45, 2.75) is 69.6 Å². The van der Waals surface area contributed by atoms with E-state index in [-0.39, 0.29) is 11.8 Å². The molecule has 230 valence electrons. The Bertz CT molecular complexity index is 1460. The van der Waals surface area contributed by atoms with Gasteiger partial charge in [-0.2, -0.15) is 0 Å². The molecule has 10 nitrogen and oxygen atoms in total. The number of nitrogens with one attached hydrogen (secondary N) is 3. The van der Waals surface area contributed by atoms with Crippen molar-refractivity contribution >= 4 is 29.1 Å². The van der Waals surface area contributed by atoms with Crippen LogP contribution in [0, 0.1) is 0 Å². The Hall–Kier alpha value is -4.02. The van der Waals surface area contributed by atoms with Gasteiger partial charge >= 0.3 is 0 Å². The second-order valence-electron chi connectivity index (χ2n) is 12.4. The van der Waals surface area contributed by atoms with Crippen LogP contribution in [0.3, 0.4) is 0 Å². The first-order chi connectivity index (χ1) is 21.6. The molecule has 2 amide bonds. The maximum absolute atomic E-state index is 12.0. The third-order valence-electron chi connectivity index (χ3n) is 9.64. The van der Waals surface area contributed by atoms with Crippen LogP contribution in [0.15, 0.2) is 54.7 Å². The molecule has 5 heterocycles. The molecule has 3 aromatic rings. The number of rotatable bonds is 7. The number of anilines is 3. The Morgan fingerprint density at radius 2 is 1.64 bits per heavy atom. The van der Waals surface area contributed by atoms with Crippen LogP contribution < -0.4 is 25.6 Å². The highest BCUT2D eigenvalue weighted by atomic mass is 16.5. The van der Waals surface area contributed by atoms with Crippen LogP contribution in [0.1, 0.15) is 61.3 Å². The van der Waals surface area contributed by atoms with Gasteiger partial charge in [-0.05, 0) is 105 Å². The maximum Gasteiger partial charge on any atom is 0.267 e. The lowest BCUT2D eigenvalue weighted by Crippen LogP contribution is -2.47. The van der Waals surface area contributed by atoms with Crippen LogP contribution in [0.2, 0.25) is 0 Å². The lowest BCUT2D eigenvalue weighted by atomic mass is 9.88. The third kappa shape index (κ3) is 6.56. The zero-order chi connectivity index (χ0) is 29.9. The summed E-state index contributed by atoms with van der Waals surface area (Å²) < 4.78 is 5.86. The molecule has 2 aromatic carbocycles. The number of hydrogen-bond acceptors (Lipinski definition) is 9. The summed E-state index contributed by atoms with van der Waals surface area (Å²) in [7, 11) is 0. The normalized spacial score (nSPS) is 21.9. The maximum atomic E-state index is 12.0. The van der Waals surface area contributed by atoms with Gasteiger partial charge in [0.25, 0.3) is 5.91 Å². The molecule has 3 saturated heterocycles. The van der Waals surface area contributed by atoms with Gasteiger partial charge < -0.3 is 25.2 Å². The Balaban J connectivity index is 0.857. The number of likely N-dealkylation sites (tertiary alicyclic amines) is 1. The summed E-state index contributed by atoms with van der Waals surface area (Å²) in [5.41, 5.74) is 5.94. The molecule has 10 heteroatoms. The fourth-order valence-electron chi connectivity index (χ4n) is 7.03. The minimum atomic E-state index is -0.595. The Kier molecular flexibility index (Phi) is 8.43. The van der Waals surface area contributed by atoms with Gasteiger partial charge in [-0.25, -0.2) is 9.97 Å². The lowest BCUT2D eigenvalue weighted by molar-refractivity contribution is -0.138. The summed E-state index contributed by atoms with van der Waals surface area (Å²) in [6, 6.07) is 17.5. The molecular formula is C34H41N7O3. The second-order valence-corrected chi connectivity index (χ2v) is 12.4. The summed E-state index contributed by atoms with van der Waals surface area (Å²) in [6.07, 6.45) is 7.79. The van der Waals surface area contributed by atoms with E-state index in [4.69, 9.17) is 9.72 Å². The highest BCUT2D eigenvalue weighted by Gasteiger charge is 2.30. The molecule has 0 aliphatic carbocycles. The lowest BCUT2D eigenvalue weighted by Gasteiger charge is -2.42. The van der Waals surface area contributed by atoms with Crippen LogP contribution in [0.5, 0.6) is 5.75 Å². The quantitative estimate of drug-likeness (QED) is 0.350. The van der Waals surface area contributed by atoms with Crippen LogP contribution in [0.25, 0.3) is 0 Å². The van der Waals surface area contributed by atoms with Gasteiger partial charge in [0.15, 0.2) is 6.10 Å². The number of piperidine rings is 3. The van der Waals surface area contributed by atoms with Crippen LogP contribution in [0.4, 0.5) is 17.3 Å². The number of carbonyl (C=O) groups excluding carboxylic acids is 2. The summed E-state index contributed by atoms with van der Waals surface area (Å²) in [6.45, 7) is 6.21. The van der Waals surface area contributed by atoms with E-state index in [9.17, 15) is 9.59 Å². The van der Waals surface area contributed by atoms with Crippen molar-refractivity contribution in [3.8, 4) is 5.75 Å². The van der Waals surface area contributed by atoms with E-state index < -0.39 is 6.10 Å². The SMILES string of the molecule is O=C1CCC(Oc2ccc(C3CCN(C4CCN(c5ccc(Nc6ncc7c(n6)CNCC7)cc5)CC4)CC3)cc2)C(=O)N1. The molecule has 1 aromatic heterocycles. The molecular weight excluding hydrogens is 554 g/mol. The summed E-state index contributed by atoms with van der Waals surface area (Å²) in [4.78, 5) is 37.8. The Labute approximate surface area is 258 Å². The van der Waals surface area contributed by atoms with Crippen LogP contribution >= 0.6 is 0 Å². The van der Waals surface area contributed by atoms with Gasteiger partial charge in [-0.15, -0.1) is 0 Å². The van der Waals surface area contributed by atoms with E-state index in [1.807, 2.05) is 18.3 Å². The molecule has 1 atom stereocenters. The number of nitrogens with zero attached hydrogens (tertiary/aromatic N) is 4. The minimum Gasteiger partial charge on any atom is -0.481 e. The number of imide groups is 1. The fraction of sp³-hybridized carbons (Fsp3) is 0.471. The summed E-state index contributed by atoms with van der Waals surface area (Å²) in [5, 5.41) is 9.09. The zero-order valence-corrected chi connectivity index (χ0v) is 25.1. The Morgan fingerprint density at radius 3 is 2.39 bits per heavy atom. The standard InChI is InChI=1S/C34H41N7O3/c42-32-10-9-31(33(43)39-32)44-29-7-1-23(2-8-29)24-12-17-40(18-13-24)28-14-19-41(20-15-28)27-5-3-26(4-6-27)37-34-36-21-25-11-16-35-22-30(25)38-34/h1-8,21,24,28,31,35H,9-20,22H2,(H,36,37,38)(H,39,42,43). The zero-order valence-electron chi connectivity index (χ0n) is 25.1. The van der Waals surface area contributed by atoms with Crippen LogP contribution in [-0.4, -0.2) is 71.6 Å². The number of ether oxygens (including phenoxy) is 1. The molecule has 4 aliphatic heterocycles. The van der Waals surface area contributed by atoms with Gasteiger partial charge in [-0.1, -0.05) is 12.1 Å². The predicted octanol–water partition coefficient (Wildman–Crippen LogP) is 3.90. The van der Waals surface area contributed by atoms with Gasteiger partial charge in [0, 0.05) is 56.1 Å². The van der Waals surface area contributed by atoms with Gasteiger partial charge in [0.2, 0.25) is 11.9 Å². The summed E-state index contributed by atoms with van der Waals surface area (Å²) >= 11 is 0. The van der Waals surface area contributed by atoms with Crippen LogP contribution in [-0.2, 0) is 22.6 Å². The number of aromatic nitrogens is 2. The van der Waals surface area contributed by atoms with Crippen molar-refractivity contribution in [3.05, 3.63) is 71.5 Å². The third-order valence-corrected chi connectivity index (χ3v) is 9.64. The van der Waals surface area contributed by atoms with Gasteiger partial charge in [0.05, 0.1) is 5.69 Å². The average Bonchev–Trinajstić information content (AvgIpc) is 3.07. The van der Waals surface area contributed by atoms with E-state index in [0.29, 0.717) is 36.5 Å². The number of carbonyl (C=O) groups is 2. The molecule has 7 rings (SSSR count). The first-order valence-electron chi connectivity index (χ1n) is 16.1. The molecule has 0 saturated carbocycles. The van der Waals surface area contributed by atoms with Crippen molar-refractivity contribution in [2.24, 2.45) is 0 Å². The highest BCUT2D eigenvalue weighted by molar-refractivity contribution is 5.99. The van der Waals surface area contributed by atoms with Crippen molar-refractivity contribution in [3.63, 3.8) is 0 Å². The van der Waals surface area contributed by atoms with E-state index in [0.717, 1.165) is 69.9 Å². The average molecular weight is 596 g/mol. The number of amides is 2. The topological polar surface area (TPSA) is 112 Å². The van der Waals surface area contributed by atoms with E-state index in [1.165, 1.54) is 29.7 Å². The monoisotopic (exact) mass is 595 g/mol. The van der Waals surface area contributed by atoms with Gasteiger partial charge in [0.1, 0.15) is 5.75 Å². The fourth-order valence-corrected chi connectivity index (χ4v) is 7.03. The summed E-state index contributed by atoms with van der Waals surface area (Å²) in [5.74, 6) is 1.31. The van der Waals surface area contributed by atoms with Crippen molar-refractivity contribution in [1.29, 1.82) is 0 Å². The molecule has 3 N–H and O–H groups in total. The number of hydrogen-bond donors (Lipinski definition) is 3. The van der Waals surface area contributed by atoms with E-state index in [1.54, 1.807) is 0 Å². The van der Waals surface area contributed by atoms with Crippen molar-refractivity contribution < 1.29 is 14.3 Å². The molecule has 1 unspecified atom stereocenters. The highest BCUT2D eigenvalue weighted by Crippen LogP contribution is 2.33. The minimum absolute atomic E-state index is 0.226. The molecule has 0 spiro atoms. The predicted molar refractivity (Wildman–Crippen MR) is 169 cm³/mol. The Morgan fingerprint density at radius 1 is 0.864 bits per heavy atom. The second kappa shape index (κ2) is 12.9. The largest absolute Gasteiger partial charge is 0.481 e. The molecule has 0 bridgehead atoms.